The number of rotatable bonds is 7. The molecule has 0 aliphatic carbocycles. The van der Waals surface area contributed by atoms with Crippen molar-refractivity contribution in [3.05, 3.63) is 59.4 Å². The molecule has 0 bridgehead atoms. The zero-order chi connectivity index (χ0) is 20.1. The predicted molar refractivity (Wildman–Crippen MR) is 106 cm³/mol. The largest absolute Gasteiger partial charge is 0.350 e. The predicted octanol–water partition coefficient (Wildman–Crippen LogP) is 2.67. The summed E-state index contributed by atoms with van der Waals surface area (Å²) >= 11 is 0. The summed E-state index contributed by atoms with van der Waals surface area (Å²) in [6, 6.07) is 10.6. The van der Waals surface area contributed by atoms with Gasteiger partial charge < -0.3 is 5.32 Å². The van der Waals surface area contributed by atoms with Gasteiger partial charge in [-0.25, -0.2) is 13.1 Å². The molecule has 0 spiro atoms. The first kappa shape index (κ1) is 21.1. The van der Waals surface area contributed by atoms with Crippen LogP contribution in [-0.2, 0) is 26.8 Å². The summed E-state index contributed by atoms with van der Waals surface area (Å²) in [5.41, 5.74) is 2.81. The third-order valence-corrected chi connectivity index (χ3v) is 5.72. The third-order valence-electron chi connectivity index (χ3n) is 4.25. The standard InChI is InChI=1S/C20H27N3O3S/c1-15-6-5-12-21-18(15)14-22-19(24)11-13-23-27(25,26)17-9-7-16(8-10-17)20(2,3)4/h5-10,12,23H,11,13-14H2,1-4H3,(H,22,24). The Bertz CT molecular complexity index is 885. The van der Waals surface area contributed by atoms with E-state index in [1.54, 1.807) is 18.3 Å². The van der Waals surface area contributed by atoms with Crippen molar-refractivity contribution in [3.8, 4) is 0 Å². The average Bonchev–Trinajstić information content (AvgIpc) is 2.60. The summed E-state index contributed by atoms with van der Waals surface area (Å²) in [6.45, 7) is 8.50. The molecule has 2 N–H and O–H groups in total. The maximum absolute atomic E-state index is 12.3. The number of pyridine rings is 1. The topological polar surface area (TPSA) is 88.2 Å². The molecule has 2 rings (SSSR count). The van der Waals surface area contributed by atoms with Gasteiger partial charge in [-0.15, -0.1) is 0 Å². The van der Waals surface area contributed by atoms with Gasteiger partial charge in [0.05, 0.1) is 17.1 Å². The molecular weight excluding hydrogens is 362 g/mol. The zero-order valence-electron chi connectivity index (χ0n) is 16.2. The van der Waals surface area contributed by atoms with E-state index in [-0.39, 0.29) is 29.2 Å². The summed E-state index contributed by atoms with van der Waals surface area (Å²) in [4.78, 5) is 16.3. The van der Waals surface area contributed by atoms with Gasteiger partial charge in [0.1, 0.15) is 0 Å². The Balaban J connectivity index is 1.84. The number of nitrogens with one attached hydrogen (secondary N) is 2. The molecule has 1 heterocycles. The first-order chi connectivity index (χ1) is 12.6. The molecule has 1 amide bonds. The maximum atomic E-state index is 12.3. The van der Waals surface area contributed by atoms with Crippen molar-refractivity contribution in [2.45, 2.75) is 51.0 Å². The third kappa shape index (κ3) is 6.15. The summed E-state index contributed by atoms with van der Waals surface area (Å²) < 4.78 is 27.2. The highest BCUT2D eigenvalue weighted by molar-refractivity contribution is 7.89. The van der Waals surface area contributed by atoms with Crippen LogP contribution in [0.25, 0.3) is 0 Å². The monoisotopic (exact) mass is 389 g/mol. The molecule has 6 nitrogen and oxygen atoms in total. The minimum Gasteiger partial charge on any atom is -0.350 e. The fraction of sp³-hybridized carbons (Fsp3) is 0.400. The zero-order valence-corrected chi connectivity index (χ0v) is 17.1. The van der Waals surface area contributed by atoms with Crippen LogP contribution < -0.4 is 10.0 Å². The average molecular weight is 390 g/mol. The molecule has 27 heavy (non-hydrogen) atoms. The van der Waals surface area contributed by atoms with Crippen LogP contribution in [-0.4, -0.2) is 25.9 Å². The van der Waals surface area contributed by atoms with E-state index >= 15 is 0 Å². The second-order valence-electron chi connectivity index (χ2n) is 7.47. The highest BCUT2D eigenvalue weighted by Crippen LogP contribution is 2.23. The number of sulfonamides is 1. The second-order valence-corrected chi connectivity index (χ2v) is 9.23. The van der Waals surface area contributed by atoms with E-state index in [0.29, 0.717) is 6.54 Å². The second kappa shape index (κ2) is 8.63. The fourth-order valence-corrected chi connectivity index (χ4v) is 3.52. The fourth-order valence-electron chi connectivity index (χ4n) is 2.49. The van der Waals surface area contributed by atoms with Crippen LogP contribution >= 0.6 is 0 Å². The molecule has 0 fully saturated rings. The number of amides is 1. The lowest BCUT2D eigenvalue weighted by Gasteiger charge is -2.19. The Labute approximate surface area is 161 Å². The normalized spacial score (nSPS) is 12.0. The van der Waals surface area contributed by atoms with Crippen molar-refractivity contribution in [2.24, 2.45) is 0 Å². The summed E-state index contributed by atoms with van der Waals surface area (Å²) in [6.07, 6.45) is 1.73. The Morgan fingerprint density at radius 2 is 1.78 bits per heavy atom. The van der Waals surface area contributed by atoms with Crippen molar-refractivity contribution >= 4 is 15.9 Å². The van der Waals surface area contributed by atoms with E-state index in [0.717, 1.165) is 16.8 Å². The summed E-state index contributed by atoms with van der Waals surface area (Å²) in [5, 5.41) is 2.75. The molecular formula is C20H27N3O3S. The summed E-state index contributed by atoms with van der Waals surface area (Å²) in [5.74, 6) is -0.231. The van der Waals surface area contributed by atoms with Crippen LogP contribution in [0, 0.1) is 6.92 Å². The van der Waals surface area contributed by atoms with Crippen LogP contribution in [0.15, 0.2) is 47.5 Å². The maximum Gasteiger partial charge on any atom is 0.240 e. The number of nitrogens with zero attached hydrogens (tertiary/aromatic N) is 1. The minimum absolute atomic E-state index is 0.0381. The quantitative estimate of drug-likeness (QED) is 0.762. The molecule has 0 unspecified atom stereocenters. The van der Waals surface area contributed by atoms with Crippen molar-refractivity contribution in [1.29, 1.82) is 0 Å². The molecule has 1 aromatic carbocycles. The Morgan fingerprint density at radius 1 is 1.11 bits per heavy atom. The molecule has 7 heteroatoms. The van der Waals surface area contributed by atoms with Crippen LogP contribution in [0.1, 0.15) is 44.0 Å². The van der Waals surface area contributed by atoms with Gasteiger partial charge in [0.2, 0.25) is 15.9 Å². The first-order valence-corrected chi connectivity index (χ1v) is 10.4. The number of aryl methyl sites for hydroxylation is 1. The van der Waals surface area contributed by atoms with Crippen molar-refractivity contribution < 1.29 is 13.2 Å². The smallest absolute Gasteiger partial charge is 0.240 e. The first-order valence-electron chi connectivity index (χ1n) is 8.87. The highest BCUT2D eigenvalue weighted by atomic mass is 32.2. The number of hydrogen-bond acceptors (Lipinski definition) is 4. The lowest BCUT2D eigenvalue weighted by atomic mass is 9.87. The molecule has 0 saturated carbocycles. The van der Waals surface area contributed by atoms with Gasteiger partial charge in [-0.3, -0.25) is 9.78 Å². The number of aromatic nitrogens is 1. The Kier molecular flexibility index (Phi) is 6.73. The van der Waals surface area contributed by atoms with Crippen LogP contribution in [0.4, 0.5) is 0 Å². The SMILES string of the molecule is Cc1cccnc1CNC(=O)CCNS(=O)(=O)c1ccc(C(C)(C)C)cc1. The van der Waals surface area contributed by atoms with Crippen molar-refractivity contribution in [3.63, 3.8) is 0 Å². The van der Waals surface area contributed by atoms with Gasteiger partial charge >= 0.3 is 0 Å². The highest BCUT2D eigenvalue weighted by Gasteiger charge is 2.17. The molecule has 0 aliphatic rings. The van der Waals surface area contributed by atoms with Gasteiger partial charge in [-0.1, -0.05) is 39.0 Å². The molecule has 1 aromatic heterocycles. The molecule has 146 valence electrons. The van der Waals surface area contributed by atoms with E-state index < -0.39 is 10.0 Å². The van der Waals surface area contributed by atoms with E-state index in [1.165, 1.54) is 0 Å². The Hall–Kier alpha value is -2.25. The van der Waals surface area contributed by atoms with Crippen molar-refractivity contribution in [2.75, 3.05) is 6.54 Å². The summed E-state index contributed by atoms with van der Waals surface area (Å²) in [7, 11) is -3.63. The van der Waals surface area contributed by atoms with Gasteiger partial charge in [-0.05, 0) is 41.7 Å². The lowest BCUT2D eigenvalue weighted by molar-refractivity contribution is -0.121. The number of carbonyl (C=O) groups is 1. The molecule has 0 radical (unpaired) electrons. The van der Waals surface area contributed by atoms with E-state index in [1.807, 2.05) is 31.2 Å². The molecule has 2 aromatic rings. The van der Waals surface area contributed by atoms with Gasteiger partial charge in [0.15, 0.2) is 0 Å². The minimum atomic E-state index is -3.63. The lowest BCUT2D eigenvalue weighted by Crippen LogP contribution is -2.31. The van der Waals surface area contributed by atoms with E-state index in [4.69, 9.17) is 0 Å². The van der Waals surface area contributed by atoms with Crippen molar-refractivity contribution in [1.82, 2.24) is 15.0 Å². The van der Waals surface area contributed by atoms with Crippen LogP contribution in [0.5, 0.6) is 0 Å². The molecule has 0 atom stereocenters. The van der Waals surface area contributed by atoms with Gasteiger partial charge in [0.25, 0.3) is 0 Å². The van der Waals surface area contributed by atoms with Gasteiger partial charge in [0, 0.05) is 19.2 Å². The number of benzene rings is 1. The van der Waals surface area contributed by atoms with Crippen LogP contribution in [0.3, 0.4) is 0 Å². The molecule has 0 aliphatic heterocycles. The molecule has 0 saturated heterocycles. The van der Waals surface area contributed by atoms with Crippen LogP contribution in [0.2, 0.25) is 0 Å². The Morgan fingerprint density at radius 3 is 2.37 bits per heavy atom. The number of carbonyl (C=O) groups excluding carboxylic acids is 1. The van der Waals surface area contributed by atoms with E-state index in [9.17, 15) is 13.2 Å². The number of hydrogen-bond donors (Lipinski definition) is 2. The van der Waals surface area contributed by atoms with Gasteiger partial charge in [-0.2, -0.15) is 0 Å². The van der Waals surface area contributed by atoms with E-state index in [2.05, 4.69) is 35.8 Å².